The summed E-state index contributed by atoms with van der Waals surface area (Å²) in [5, 5.41) is 7.90. The van der Waals surface area contributed by atoms with Gasteiger partial charge in [-0.15, -0.1) is 5.10 Å². The summed E-state index contributed by atoms with van der Waals surface area (Å²) in [6, 6.07) is 11.9. The lowest BCUT2D eigenvalue weighted by Crippen LogP contribution is -2.21. The maximum atomic E-state index is 12.9. The molecule has 0 aliphatic rings. The number of alkyl halides is 3. The molecule has 1 heterocycles. The molecule has 30 heavy (non-hydrogen) atoms. The van der Waals surface area contributed by atoms with Crippen LogP contribution in [-0.2, 0) is 24.7 Å². The second-order valence-corrected chi connectivity index (χ2v) is 6.43. The average molecular weight is 420 g/mol. The molecule has 3 aromatic rings. The SMILES string of the molecule is COc1nn(C)c(=O)n1-c1cccc(CON=C(C)c2cccc(C(F)(F)F)c2)c1. The highest BCUT2D eigenvalue weighted by atomic mass is 19.4. The molecule has 0 saturated carbocycles. The molecule has 0 radical (unpaired) electrons. The highest BCUT2D eigenvalue weighted by Gasteiger charge is 2.30. The lowest BCUT2D eigenvalue weighted by Gasteiger charge is -2.09. The second-order valence-electron chi connectivity index (χ2n) is 6.43. The Morgan fingerprint density at radius 1 is 1.17 bits per heavy atom. The predicted molar refractivity (Wildman–Crippen MR) is 104 cm³/mol. The number of benzene rings is 2. The summed E-state index contributed by atoms with van der Waals surface area (Å²) >= 11 is 0. The minimum absolute atomic E-state index is 0.0570. The van der Waals surface area contributed by atoms with Crippen LogP contribution in [0.25, 0.3) is 5.69 Å². The second kappa shape index (κ2) is 8.44. The molecule has 0 N–H and O–H groups in total. The number of aryl methyl sites for hydroxylation is 1. The van der Waals surface area contributed by atoms with Gasteiger partial charge in [0.2, 0.25) is 0 Å². The topological polar surface area (TPSA) is 70.6 Å². The minimum atomic E-state index is -4.43. The third-order valence-corrected chi connectivity index (χ3v) is 4.29. The molecule has 0 aliphatic heterocycles. The molecule has 7 nitrogen and oxygen atoms in total. The van der Waals surface area contributed by atoms with E-state index in [1.54, 1.807) is 31.2 Å². The Balaban J connectivity index is 1.76. The van der Waals surface area contributed by atoms with Crippen molar-refractivity contribution >= 4 is 5.71 Å². The summed E-state index contributed by atoms with van der Waals surface area (Å²) in [7, 11) is 2.93. The van der Waals surface area contributed by atoms with Gasteiger partial charge in [-0.25, -0.2) is 14.0 Å². The fraction of sp³-hybridized carbons (Fsp3) is 0.250. The molecule has 0 fully saturated rings. The number of halogens is 3. The molecule has 2 aromatic carbocycles. The summed E-state index contributed by atoms with van der Waals surface area (Å²) in [5.74, 6) is 0. The Morgan fingerprint density at radius 3 is 2.60 bits per heavy atom. The van der Waals surface area contributed by atoms with Crippen molar-refractivity contribution in [3.05, 3.63) is 75.7 Å². The van der Waals surface area contributed by atoms with E-state index in [2.05, 4.69) is 10.3 Å². The summed E-state index contributed by atoms with van der Waals surface area (Å²) in [6.07, 6.45) is -4.43. The van der Waals surface area contributed by atoms with Gasteiger partial charge >= 0.3 is 17.9 Å². The monoisotopic (exact) mass is 420 g/mol. The first-order chi connectivity index (χ1) is 14.2. The van der Waals surface area contributed by atoms with Crippen LogP contribution in [0.3, 0.4) is 0 Å². The van der Waals surface area contributed by atoms with Crippen LogP contribution in [0.2, 0.25) is 0 Å². The van der Waals surface area contributed by atoms with Gasteiger partial charge in [-0.2, -0.15) is 13.2 Å². The van der Waals surface area contributed by atoms with Crippen LogP contribution in [-0.4, -0.2) is 27.2 Å². The standard InChI is InChI=1S/C20H19F3N4O3/c1-13(15-7-5-8-16(11-15)20(21,22)23)25-30-12-14-6-4-9-17(10-14)27-18(29-3)24-26(2)19(27)28/h4-11H,12H2,1-3H3. The number of hydrogen-bond donors (Lipinski definition) is 0. The smallest absolute Gasteiger partial charge is 0.416 e. The van der Waals surface area contributed by atoms with Gasteiger partial charge in [0.05, 0.1) is 24.1 Å². The van der Waals surface area contributed by atoms with Gasteiger partial charge in [0.15, 0.2) is 0 Å². The van der Waals surface area contributed by atoms with Gasteiger partial charge in [0.1, 0.15) is 6.61 Å². The van der Waals surface area contributed by atoms with Crippen LogP contribution in [0.1, 0.15) is 23.6 Å². The van der Waals surface area contributed by atoms with Crippen LogP contribution < -0.4 is 10.4 Å². The number of ether oxygens (including phenoxy) is 1. The van der Waals surface area contributed by atoms with E-state index in [1.807, 2.05) is 0 Å². The van der Waals surface area contributed by atoms with Crippen LogP contribution >= 0.6 is 0 Å². The number of methoxy groups -OCH3 is 1. The molecule has 0 amide bonds. The molecule has 158 valence electrons. The first-order valence-electron chi connectivity index (χ1n) is 8.84. The van der Waals surface area contributed by atoms with Gasteiger partial charge in [-0.3, -0.25) is 0 Å². The zero-order valence-corrected chi connectivity index (χ0v) is 16.5. The van der Waals surface area contributed by atoms with Gasteiger partial charge in [-0.05, 0) is 42.3 Å². The van der Waals surface area contributed by atoms with E-state index >= 15 is 0 Å². The number of hydrogen-bond acceptors (Lipinski definition) is 5. The van der Waals surface area contributed by atoms with Gasteiger partial charge in [0.25, 0.3) is 0 Å². The Kier molecular flexibility index (Phi) is 5.95. The summed E-state index contributed by atoms with van der Waals surface area (Å²) in [6.45, 7) is 1.62. The predicted octanol–water partition coefficient (Wildman–Crippen LogP) is 3.54. The van der Waals surface area contributed by atoms with E-state index in [4.69, 9.17) is 9.57 Å². The highest BCUT2D eigenvalue weighted by molar-refractivity contribution is 5.98. The Labute approximate surface area is 170 Å². The maximum Gasteiger partial charge on any atom is 0.416 e. The van der Waals surface area contributed by atoms with Crippen molar-refractivity contribution in [2.45, 2.75) is 19.7 Å². The zero-order chi connectivity index (χ0) is 21.9. The summed E-state index contributed by atoms with van der Waals surface area (Å²) < 4.78 is 46.2. The lowest BCUT2D eigenvalue weighted by atomic mass is 10.1. The first kappa shape index (κ1) is 21.2. The molecule has 10 heteroatoms. The van der Waals surface area contributed by atoms with Crippen molar-refractivity contribution in [1.82, 2.24) is 14.3 Å². The van der Waals surface area contributed by atoms with E-state index in [1.165, 1.54) is 30.9 Å². The van der Waals surface area contributed by atoms with Crippen LogP contribution in [0.15, 0.2) is 58.5 Å². The van der Waals surface area contributed by atoms with Crippen molar-refractivity contribution in [3.63, 3.8) is 0 Å². The van der Waals surface area contributed by atoms with Crippen molar-refractivity contribution in [1.29, 1.82) is 0 Å². The molecule has 0 aliphatic carbocycles. The molecule has 0 unspecified atom stereocenters. The molecular weight excluding hydrogens is 401 g/mol. The largest absolute Gasteiger partial charge is 0.467 e. The maximum absolute atomic E-state index is 12.9. The summed E-state index contributed by atoms with van der Waals surface area (Å²) in [5.41, 5.74) is 0.726. The molecule has 0 saturated heterocycles. The Bertz CT molecular complexity index is 1130. The van der Waals surface area contributed by atoms with E-state index in [9.17, 15) is 18.0 Å². The molecule has 3 rings (SSSR count). The van der Waals surface area contributed by atoms with Crippen LogP contribution in [0.5, 0.6) is 6.01 Å². The number of rotatable bonds is 6. The van der Waals surface area contributed by atoms with Gasteiger partial charge in [0, 0.05) is 7.05 Å². The van der Waals surface area contributed by atoms with E-state index in [-0.39, 0.29) is 18.3 Å². The fourth-order valence-electron chi connectivity index (χ4n) is 2.76. The van der Waals surface area contributed by atoms with Crippen molar-refractivity contribution in [2.24, 2.45) is 12.2 Å². The molecule has 0 bridgehead atoms. The van der Waals surface area contributed by atoms with Crippen LogP contribution in [0, 0.1) is 0 Å². The molecular formula is C20H19F3N4O3. The van der Waals surface area contributed by atoms with Crippen molar-refractivity contribution in [3.8, 4) is 11.7 Å². The fourth-order valence-corrected chi connectivity index (χ4v) is 2.76. The third-order valence-electron chi connectivity index (χ3n) is 4.29. The first-order valence-corrected chi connectivity index (χ1v) is 8.84. The van der Waals surface area contributed by atoms with Gasteiger partial charge < -0.3 is 9.57 Å². The summed E-state index contributed by atoms with van der Waals surface area (Å²) in [4.78, 5) is 17.6. The average Bonchev–Trinajstić information content (AvgIpc) is 3.01. The Hall–Kier alpha value is -3.56. The minimum Gasteiger partial charge on any atom is -0.467 e. The van der Waals surface area contributed by atoms with Crippen molar-refractivity contribution in [2.75, 3.05) is 7.11 Å². The Morgan fingerprint density at radius 2 is 1.90 bits per heavy atom. The van der Waals surface area contributed by atoms with E-state index < -0.39 is 11.7 Å². The third kappa shape index (κ3) is 4.53. The van der Waals surface area contributed by atoms with E-state index in [0.717, 1.165) is 16.8 Å². The van der Waals surface area contributed by atoms with E-state index in [0.29, 0.717) is 22.5 Å². The van der Waals surface area contributed by atoms with Crippen LogP contribution in [0.4, 0.5) is 13.2 Å². The lowest BCUT2D eigenvalue weighted by molar-refractivity contribution is -0.137. The highest BCUT2D eigenvalue weighted by Crippen LogP contribution is 2.29. The quantitative estimate of drug-likeness (QED) is 0.452. The van der Waals surface area contributed by atoms with Crippen molar-refractivity contribution < 1.29 is 22.7 Å². The molecule has 0 atom stereocenters. The molecule has 0 spiro atoms. The normalized spacial score (nSPS) is 12.1. The van der Waals surface area contributed by atoms with Gasteiger partial charge in [-0.1, -0.05) is 29.4 Å². The number of aromatic nitrogens is 3. The number of nitrogens with zero attached hydrogens (tertiary/aromatic N) is 4. The number of oxime groups is 1. The molecule has 1 aromatic heterocycles. The zero-order valence-electron chi connectivity index (χ0n) is 16.5.